The lowest BCUT2D eigenvalue weighted by Crippen LogP contribution is -2.49. The van der Waals surface area contributed by atoms with Gasteiger partial charge in [0.2, 0.25) is 5.91 Å². The van der Waals surface area contributed by atoms with E-state index in [1.807, 2.05) is 6.92 Å². The Kier molecular flexibility index (Phi) is 5.10. The smallest absolute Gasteiger partial charge is 0.223 e. The highest BCUT2D eigenvalue weighted by Gasteiger charge is 2.29. The first-order valence-corrected chi connectivity index (χ1v) is 6.92. The van der Waals surface area contributed by atoms with E-state index in [4.69, 9.17) is 11.6 Å². The van der Waals surface area contributed by atoms with Gasteiger partial charge in [-0.2, -0.15) is 0 Å². The molecular formula is C13H24ClNO. The van der Waals surface area contributed by atoms with E-state index in [9.17, 15) is 4.79 Å². The number of amides is 1. The lowest BCUT2D eigenvalue weighted by atomic mass is 9.82. The first-order valence-electron chi connectivity index (χ1n) is 6.38. The van der Waals surface area contributed by atoms with Crippen molar-refractivity contribution in [2.24, 2.45) is 11.8 Å². The molecule has 0 aromatic rings. The standard InChI is InChI=1S/C13H24ClNO/c1-4-13(3,9-14)15-12(16)11-7-5-10(2)6-8-11/h10-11H,4-9H2,1-3H3,(H,15,16). The number of carbonyl (C=O) groups is 1. The summed E-state index contributed by atoms with van der Waals surface area (Å²) in [7, 11) is 0. The zero-order valence-corrected chi connectivity index (χ0v) is 11.4. The second kappa shape index (κ2) is 5.90. The lowest BCUT2D eigenvalue weighted by Gasteiger charge is -2.32. The molecule has 0 spiro atoms. The molecule has 3 heteroatoms. The molecule has 0 bridgehead atoms. The summed E-state index contributed by atoms with van der Waals surface area (Å²) in [6.07, 6.45) is 5.32. The molecule has 1 amide bonds. The molecule has 0 aromatic carbocycles. The number of carbonyl (C=O) groups excluding carboxylic acids is 1. The zero-order valence-electron chi connectivity index (χ0n) is 10.7. The molecule has 94 valence electrons. The van der Waals surface area contributed by atoms with Crippen LogP contribution < -0.4 is 5.32 Å². The topological polar surface area (TPSA) is 29.1 Å². The van der Waals surface area contributed by atoms with Crippen molar-refractivity contribution in [3.8, 4) is 0 Å². The Bertz CT molecular complexity index is 230. The van der Waals surface area contributed by atoms with Gasteiger partial charge in [-0.3, -0.25) is 4.79 Å². The Morgan fingerprint density at radius 3 is 2.38 bits per heavy atom. The molecule has 1 aliphatic carbocycles. The molecule has 1 aliphatic rings. The minimum absolute atomic E-state index is 0.205. The molecule has 1 unspecified atom stereocenters. The van der Waals surface area contributed by atoms with Crippen LogP contribution in [-0.4, -0.2) is 17.3 Å². The molecule has 0 radical (unpaired) electrons. The van der Waals surface area contributed by atoms with Gasteiger partial charge < -0.3 is 5.32 Å². The van der Waals surface area contributed by atoms with Crippen LogP contribution in [0.15, 0.2) is 0 Å². The van der Waals surface area contributed by atoms with E-state index < -0.39 is 0 Å². The summed E-state index contributed by atoms with van der Waals surface area (Å²) in [5.41, 5.74) is -0.234. The third-order valence-electron chi connectivity index (χ3n) is 3.89. The van der Waals surface area contributed by atoms with Gasteiger partial charge >= 0.3 is 0 Å². The van der Waals surface area contributed by atoms with E-state index >= 15 is 0 Å². The molecule has 0 heterocycles. The molecule has 2 nitrogen and oxygen atoms in total. The van der Waals surface area contributed by atoms with Gasteiger partial charge in [-0.25, -0.2) is 0 Å². The fourth-order valence-corrected chi connectivity index (χ4v) is 2.39. The summed E-state index contributed by atoms with van der Waals surface area (Å²) in [6.45, 7) is 6.35. The third kappa shape index (κ3) is 3.65. The van der Waals surface area contributed by atoms with E-state index in [-0.39, 0.29) is 17.4 Å². The maximum atomic E-state index is 12.1. The van der Waals surface area contributed by atoms with E-state index in [2.05, 4.69) is 19.2 Å². The van der Waals surface area contributed by atoms with Crippen molar-refractivity contribution >= 4 is 17.5 Å². The second-order valence-electron chi connectivity index (χ2n) is 5.49. The molecule has 1 rings (SSSR count). The minimum Gasteiger partial charge on any atom is -0.350 e. The summed E-state index contributed by atoms with van der Waals surface area (Å²) in [4.78, 5) is 12.1. The number of alkyl halides is 1. The van der Waals surface area contributed by atoms with Gasteiger partial charge in [0.1, 0.15) is 0 Å². The molecular weight excluding hydrogens is 222 g/mol. The molecule has 1 fully saturated rings. The molecule has 1 atom stereocenters. The van der Waals surface area contributed by atoms with Gasteiger partial charge in [0, 0.05) is 11.8 Å². The molecule has 0 aliphatic heterocycles. The molecule has 1 saturated carbocycles. The minimum atomic E-state index is -0.234. The number of halogens is 1. The van der Waals surface area contributed by atoms with E-state index in [1.165, 1.54) is 12.8 Å². The van der Waals surface area contributed by atoms with Gasteiger partial charge in [0.05, 0.1) is 5.54 Å². The summed E-state index contributed by atoms with van der Waals surface area (Å²) < 4.78 is 0. The Labute approximate surface area is 104 Å². The average Bonchev–Trinajstić information content (AvgIpc) is 2.29. The highest BCUT2D eigenvalue weighted by atomic mass is 35.5. The monoisotopic (exact) mass is 245 g/mol. The first-order chi connectivity index (χ1) is 7.50. The van der Waals surface area contributed by atoms with Gasteiger partial charge in [-0.1, -0.05) is 13.8 Å². The van der Waals surface area contributed by atoms with Crippen LogP contribution in [0.3, 0.4) is 0 Å². The number of nitrogens with one attached hydrogen (secondary N) is 1. The largest absolute Gasteiger partial charge is 0.350 e. The maximum Gasteiger partial charge on any atom is 0.223 e. The SMILES string of the molecule is CCC(C)(CCl)NC(=O)C1CCC(C)CC1. The van der Waals surface area contributed by atoms with Crippen molar-refractivity contribution in [2.75, 3.05) is 5.88 Å². The molecule has 0 aromatic heterocycles. The van der Waals surface area contributed by atoms with E-state index in [0.717, 1.165) is 25.2 Å². The Balaban J connectivity index is 2.46. The van der Waals surface area contributed by atoms with Crippen molar-refractivity contribution in [3.05, 3.63) is 0 Å². The van der Waals surface area contributed by atoms with Crippen LogP contribution in [0.25, 0.3) is 0 Å². The van der Waals surface area contributed by atoms with Gasteiger partial charge in [0.15, 0.2) is 0 Å². The summed E-state index contributed by atoms with van der Waals surface area (Å²) in [5, 5.41) is 3.11. The maximum absolute atomic E-state index is 12.1. The van der Waals surface area contributed by atoms with E-state index in [1.54, 1.807) is 0 Å². The Morgan fingerprint density at radius 1 is 1.38 bits per heavy atom. The van der Waals surface area contributed by atoms with E-state index in [0.29, 0.717) is 5.88 Å². The summed E-state index contributed by atoms with van der Waals surface area (Å²) in [6, 6.07) is 0. The molecule has 16 heavy (non-hydrogen) atoms. The van der Waals surface area contributed by atoms with Crippen LogP contribution in [-0.2, 0) is 4.79 Å². The fourth-order valence-electron chi connectivity index (χ4n) is 2.14. The average molecular weight is 246 g/mol. The normalized spacial score (nSPS) is 29.5. The van der Waals surface area contributed by atoms with Crippen molar-refractivity contribution in [2.45, 2.75) is 58.4 Å². The molecule has 0 saturated heterocycles. The third-order valence-corrected chi connectivity index (χ3v) is 4.48. The van der Waals surface area contributed by atoms with Crippen molar-refractivity contribution in [1.82, 2.24) is 5.32 Å². The quantitative estimate of drug-likeness (QED) is 0.757. The van der Waals surface area contributed by atoms with Crippen LogP contribution in [0.1, 0.15) is 52.9 Å². The summed E-state index contributed by atoms with van der Waals surface area (Å²) in [5.74, 6) is 1.69. The number of hydrogen-bond donors (Lipinski definition) is 1. The predicted molar refractivity (Wildman–Crippen MR) is 68.7 cm³/mol. The number of hydrogen-bond acceptors (Lipinski definition) is 1. The first kappa shape index (κ1) is 13.8. The lowest BCUT2D eigenvalue weighted by molar-refractivity contribution is -0.127. The molecule has 1 N–H and O–H groups in total. The van der Waals surface area contributed by atoms with Gasteiger partial charge in [0.25, 0.3) is 0 Å². The predicted octanol–water partition coefficient (Wildman–Crippen LogP) is 3.34. The second-order valence-corrected chi connectivity index (χ2v) is 5.76. The zero-order chi connectivity index (χ0) is 12.2. The number of rotatable bonds is 4. The van der Waals surface area contributed by atoms with Gasteiger partial charge in [-0.05, 0) is 44.9 Å². The highest BCUT2D eigenvalue weighted by molar-refractivity contribution is 6.18. The van der Waals surface area contributed by atoms with Crippen LogP contribution in [0.4, 0.5) is 0 Å². The van der Waals surface area contributed by atoms with Crippen LogP contribution in [0, 0.1) is 11.8 Å². The Morgan fingerprint density at radius 2 is 1.94 bits per heavy atom. The highest BCUT2D eigenvalue weighted by Crippen LogP contribution is 2.29. The van der Waals surface area contributed by atoms with Crippen molar-refractivity contribution in [3.63, 3.8) is 0 Å². The van der Waals surface area contributed by atoms with Crippen LogP contribution >= 0.6 is 11.6 Å². The fraction of sp³-hybridized carbons (Fsp3) is 0.923. The Hall–Kier alpha value is -0.240. The van der Waals surface area contributed by atoms with Gasteiger partial charge in [-0.15, -0.1) is 11.6 Å². The van der Waals surface area contributed by atoms with Crippen LogP contribution in [0.2, 0.25) is 0 Å². The summed E-state index contributed by atoms with van der Waals surface area (Å²) >= 11 is 5.90. The van der Waals surface area contributed by atoms with Crippen molar-refractivity contribution in [1.29, 1.82) is 0 Å². The van der Waals surface area contributed by atoms with Crippen LogP contribution in [0.5, 0.6) is 0 Å². The van der Waals surface area contributed by atoms with Crippen molar-refractivity contribution < 1.29 is 4.79 Å².